The van der Waals surface area contributed by atoms with E-state index in [1.165, 1.54) is 11.1 Å². The van der Waals surface area contributed by atoms with Gasteiger partial charge in [0.25, 0.3) is 0 Å². The molecule has 0 fully saturated rings. The van der Waals surface area contributed by atoms with E-state index in [1.807, 2.05) is 26.0 Å². The van der Waals surface area contributed by atoms with Crippen LogP contribution in [0.4, 0.5) is 0 Å². The van der Waals surface area contributed by atoms with E-state index in [4.69, 9.17) is 6.57 Å². The van der Waals surface area contributed by atoms with E-state index in [1.54, 1.807) is 0 Å². The second kappa shape index (κ2) is 3.62. The molecule has 0 N–H and O–H groups in total. The summed E-state index contributed by atoms with van der Waals surface area (Å²) >= 11 is 0. The summed E-state index contributed by atoms with van der Waals surface area (Å²) in [5.41, 5.74) is 2.29. The molecule has 0 aliphatic carbocycles. The Hall–Kier alpha value is -1.29. The Morgan fingerprint density at radius 3 is 2.46 bits per heavy atom. The molecule has 13 heavy (non-hydrogen) atoms. The molecule has 1 aromatic rings. The average Bonchev–Trinajstić information content (AvgIpc) is 2.09. The average molecular weight is 173 g/mol. The summed E-state index contributed by atoms with van der Waals surface area (Å²) in [6, 6.07) is 8.25. The zero-order valence-corrected chi connectivity index (χ0v) is 8.46. The summed E-state index contributed by atoms with van der Waals surface area (Å²) in [5.74, 6) is 0. The second-order valence-corrected chi connectivity index (χ2v) is 4.03. The zero-order chi connectivity index (χ0) is 9.90. The van der Waals surface area contributed by atoms with Gasteiger partial charge in [0.1, 0.15) is 0 Å². The summed E-state index contributed by atoms with van der Waals surface area (Å²) in [5, 5.41) is 0. The van der Waals surface area contributed by atoms with E-state index in [9.17, 15) is 0 Å². The van der Waals surface area contributed by atoms with Crippen molar-refractivity contribution >= 4 is 0 Å². The first-order valence-electron chi connectivity index (χ1n) is 4.48. The summed E-state index contributed by atoms with van der Waals surface area (Å²) in [6.07, 6.45) is 0.836. The Balaban J connectivity index is 2.88. The maximum atomic E-state index is 7.05. The topological polar surface area (TPSA) is 4.36 Å². The van der Waals surface area contributed by atoms with Crippen molar-refractivity contribution in [3.05, 3.63) is 46.8 Å². The zero-order valence-electron chi connectivity index (χ0n) is 8.46. The third kappa shape index (κ3) is 2.59. The Kier molecular flexibility index (Phi) is 2.72. The lowest BCUT2D eigenvalue weighted by molar-refractivity contribution is 0.607. The molecule has 0 unspecified atom stereocenters. The van der Waals surface area contributed by atoms with E-state index in [-0.39, 0.29) is 5.54 Å². The Labute approximate surface area is 80.2 Å². The van der Waals surface area contributed by atoms with Crippen LogP contribution in [0.5, 0.6) is 0 Å². The van der Waals surface area contributed by atoms with Gasteiger partial charge in [-0.05, 0) is 18.1 Å². The van der Waals surface area contributed by atoms with Crippen molar-refractivity contribution in [2.24, 2.45) is 0 Å². The molecule has 0 saturated heterocycles. The van der Waals surface area contributed by atoms with Gasteiger partial charge in [-0.2, -0.15) is 0 Å². The molecule has 68 valence electrons. The van der Waals surface area contributed by atoms with E-state index in [0.717, 1.165) is 6.42 Å². The molecule has 0 radical (unpaired) electrons. The second-order valence-electron chi connectivity index (χ2n) is 4.03. The minimum Gasteiger partial charge on any atom is -0.311 e. The maximum absolute atomic E-state index is 7.05. The molecule has 0 saturated carbocycles. The smallest absolute Gasteiger partial charge is 0.231 e. The Morgan fingerprint density at radius 1 is 1.31 bits per heavy atom. The lowest BCUT2D eigenvalue weighted by Crippen LogP contribution is -2.18. The van der Waals surface area contributed by atoms with E-state index >= 15 is 0 Å². The number of hydrogen-bond acceptors (Lipinski definition) is 0. The molecular weight excluding hydrogens is 158 g/mol. The highest BCUT2D eigenvalue weighted by Crippen LogP contribution is 2.19. The first kappa shape index (κ1) is 9.80. The minimum atomic E-state index is -0.272. The van der Waals surface area contributed by atoms with Gasteiger partial charge in [-0.15, -0.1) is 0 Å². The first-order chi connectivity index (χ1) is 6.05. The molecule has 0 atom stereocenters. The van der Waals surface area contributed by atoms with Crippen LogP contribution < -0.4 is 0 Å². The molecule has 0 aromatic heterocycles. The van der Waals surface area contributed by atoms with Gasteiger partial charge in [-0.25, -0.2) is 6.57 Å². The third-order valence-corrected chi connectivity index (χ3v) is 2.19. The van der Waals surface area contributed by atoms with Crippen molar-refractivity contribution in [2.75, 3.05) is 0 Å². The van der Waals surface area contributed by atoms with Crippen LogP contribution in [0, 0.1) is 13.5 Å². The van der Waals surface area contributed by atoms with Crippen molar-refractivity contribution in [3.8, 4) is 0 Å². The lowest BCUT2D eigenvalue weighted by atomic mass is 9.93. The molecule has 1 heteroatoms. The van der Waals surface area contributed by atoms with Crippen molar-refractivity contribution in [1.82, 2.24) is 0 Å². The molecule has 0 bridgehead atoms. The van der Waals surface area contributed by atoms with Gasteiger partial charge in [-0.1, -0.05) is 24.3 Å². The van der Waals surface area contributed by atoms with E-state index in [0.29, 0.717) is 0 Å². The Bertz CT molecular complexity index is 331. The van der Waals surface area contributed by atoms with Crippen LogP contribution in [0.1, 0.15) is 25.0 Å². The SMILES string of the molecule is [C-]#[N+]C(C)(C)Cc1ccccc1C. The third-order valence-electron chi connectivity index (χ3n) is 2.19. The Morgan fingerprint density at radius 2 is 1.92 bits per heavy atom. The molecule has 0 heterocycles. The highest BCUT2D eigenvalue weighted by Gasteiger charge is 2.23. The predicted molar refractivity (Wildman–Crippen MR) is 55.6 cm³/mol. The highest BCUT2D eigenvalue weighted by atomic mass is 14.8. The van der Waals surface area contributed by atoms with Crippen LogP contribution in [0.3, 0.4) is 0 Å². The predicted octanol–water partition coefficient (Wildman–Crippen LogP) is 3.24. The first-order valence-corrected chi connectivity index (χ1v) is 4.48. The number of benzene rings is 1. The van der Waals surface area contributed by atoms with Crippen molar-refractivity contribution < 1.29 is 0 Å². The number of hydrogen-bond donors (Lipinski definition) is 0. The van der Waals surface area contributed by atoms with Crippen molar-refractivity contribution in [3.63, 3.8) is 0 Å². The molecule has 0 amide bonds. The summed E-state index contributed by atoms with van der Waals surface area (Å²) in [4.78, 5) is 3.61. The summed E-state index contributed by atoms with van der Waals surface area (Å²) < 4.78 is 0. The lowest BCUT2D eigenvalue weighted by Gasteiger charge is -2.12. The van der Waals surface area contributed by atoms with Crippen LogP contribution in [0.25, 0.3) is 4.85 Å². The van der Waals surface area contributed by atoms with Crippen LogP contribution in [0.2, 0.25) is 0 Å². The normalized spacial score (nSPS) is 10.9. The summed E-state index contributed by atoms with van der Waals surface area (Å²) in [6.45, 7) is 13.1. The van der Waals surface area contributed by atoms with Gasteiger partial charge < -0.3 is 4.85 Å². The van der Waals surface area contributed by atoms with Crippen LogP contribution >= 0.6 is 0 Å². The van der Waals surface area contributed by atoms with Gasteiger partial charge in [0.2, 0.25) is 5.54 Å². The van der Waals surface area contributed by atoms with Crippen LogP contribution in [-0.4, -0.2) is 5.54 Å². The fourth-order valence-electron chi connectivity index (χ4n) is 1.31. The molecule has 1 aromatic carbocycles. The monoisotopic (exact) mass is 173 g/mol. The van der Waals surface area contributed by atoms with Gasteiger partial charge in [0.05, 0.1) is 6.42 Å². The van der Waals surface area contributed by atoms with Crippen LogP contribution in [-0.2, 0) is 6.42 Å². The van der Waals surface area contributed by atoms with Crippen molar-refractivity contribution in [1.29, 1.82) is 0 Å². The molecule has 0 aliphatic heterocycles. The fraction of sp³-hybridized carbons (Fsp3) is 0.417. The van der Waals surface area contributed by atoms with Crippen molar-refractivity contribution in [2.45, 2.75) is 32.7 Å². The highest BCUT2D eigenvalue weighted by molar-refractivity contribution is 5.27. The maximum Gasteiger partial charge on any atom is 0.231 e. The van der Waals surface area contributed by atoms with E-state index < -0.39 is 0 Å². The molecular formula is C12H15N. The molecule has 1 rings (SSSR count). The molecule has 0 spiro atoms. The number of aryl methyl sites for hydroxylation is 1. The van der Waals surface area contributed by atoms with Crippen LogP contribution in [0.15, 0.2) is 24.3 Å². The largest absolute Gasteiger partial charge is 0.311 e. The summed E-state index contributed by atoms with van der Waals surface area (Å²) in [7, 11) is 0. The number of rotatable bonds is 2. The standard InChI is InChI=1S/C12H15N/c1-10-7-5-6-8-11(10)9-12(2,3)13-4/h5-8H,9H2,1-3H3. The quantitative estimate of drug-likeness (QED) is 0.605. The molecule has 1 nitrogen and oxygen atoms in total. The van der Waals surface area contributed by atoms with Gasteiger partial charge in [-0.3, -0.25) is 0 Å². The fourth-order valence-corrected chi connectivity index (χ4v) is 1.31. The van der Waals surface area contributed by atoms with Gasteiger partial charge in [0, 0.05) is 13.8 Å². The van der Waals surface area contributed by atoms with Gasteiger partial charge in [0.15, 0.2) is 0 Å². The van der Waals surface area contributed by atoms with E-state index in [2.05, 4.69) is 23.9 Å². The molecule has 0 aliphatic rings. The number of nitrogens with zero attached hydrogens (tertiary/aromatic N) is 1. The van der Waals surface area contributed by atoms with Gasteiger partial charge >= 0.3 is 0 Å². The minimum absolute atomic E-state index is 0.272.